The number of ether oxygens (including phenoxy) is 2. The third kappa shape index (κ3) is 4.99. The molecule has 30 heavy (non-hydrogen) atoms. The number of aliphatic carboxylic acids is 1. The van der Waals surface area contributed by atoms with Gasteiger partial charge < -0.3 is 19.5 Å². The molecular weight excluding hydrogens is 388 g/mol. The highest BCUT2D eigenvalue weighted by Crippen LogP contribution is 2.35. The molecule has 0 bridgehead atoms. The average molecular weight is 418 g/mol. The second kappa shape index (κ2) is 10.0. The topological polar surface area (TPSA) is 105 Å². The van der Waals surface area contributed by atoms with Crippen LogP contribution >= 0.6 is 0 Å². The third-order valence-electron chi connectivity index (χ3n) is 5.91. The molecule has 2 fully saturated rings. The monoisotopic (exact) mass is 418 g/mol. The highest BCUT2D eigenvalue weighted by atomic mass is 16.5. The lowest BCUT2D eigenvalue weighted by Crippen LogP contribution is -2.54. The Balaban J connectivity index is 1.66. The van der Waals surface area contributed by atoms with Crippen LogP contribution in [-0.4, -0.2) is 72.3 Å². The molecule has 8 nitrogen and oxygen atoms in total. The Labute approximate surface area is 176 Å². The summed E-state index contributed by atoms with van der Waals surface area (Å²) in [5.41, 5.74) is 1.09. The van der Waals surface area contributed by atoms with Gasteiger partial charge in [0, 0.05) is 18.4 Å². The molecule has 164 valence electrons. The number of hydrogen-bond acceptors (Lipinski definition) is 6. The molecule has 3 unspecified atom stereocenters. The quantitative estimate of drug-likeness (QED) is 0.578. The summed E-state index contributed by atoms with van der Waals surface area (Å²) in [7, 11) is 0. The summed E-state index contributed by atoms with van der Waals surface area (Å²) in [6, 6.07) is 7.52. The van der Waals surface area contributed by atoms with Crippen LogP contribution in [0.15, 0.2) is 30.3 Å². The maximum Gasteiger partial charge on any atom is 0.326 e. The Morgan fingerprint density at radius 3 is 2.67 bits per heavy atom. The van der Waals surface area contributed by atoms with E-state index < -0.39 is 30.1 Å². The number of likely N-dealkylation sites (tertiary alicyclic amines) is 1. The largest absolute Gasteiger partial charge is 0.480 e. The number of carbonyl (C=O) groups is 3. The molecule has 5 atom stereocenters. The fourth-order valence-electron chi connectivity index (χ4n) is 4.38. The number of benzene rings is 1. The molecule has 2 heterocycles. The fourth-order valence-corrected chi connectivity index (χ4v) is 4.38. The summed E-state index contributed by atoms with van der Waals surface area (Å²) in [5.74, 6) is -1.88. The maximum absolute atomic E-state index is 13.1. The smallest absolute Gasteiger partial charge is 0.326 e. The Morgan fingerprint density at radius 2 is 2.00 bits per heavy atom. The molecular formula is C22H30N2O6. The van der Waals surface area contributed by atoms with E-state index in [0.29, 0.717) is 32.6 Å². The first-order chi connectivity index (χ1) is 14.4. The zero-order valence-corrected chi connectivity index (χ0v) is 17.5. The first-order valence-electron chi connectivity index (χ1n) is 10.5. The molecule has 0 radical (unpaired) electrons. The molecule has 0 aromatic heterocycles. The minimum Gasteiger partial charge on any atom is -0.480 e. The van der Waals surface area contributed by atoms with Gasteiger partial charge in [-0.05, 0) is 32.3 Å². The maximum atomic E-state index is 13.1. The third-order valence-corrected chi connectivity index (χ3v) is 5.91. The number of carboxylic acid groups (broad SMARTS) is 1. The van der Waals surface area contributed by atoms with Gasteiger partial charge in [-0.1, -0.05) is 30.3 Å². The SMILES string of the molecule is CCOC(=O)C(CCc1ccccc1)N[C@@H](C)C(=O)N1CC2COCC2[C@H]1C(=O)O. The van der Waals surface area contributed by atoms with E-state index in [4.69, 9.17) is 9.47 Å². The number of esters is 1. The first-order valence-corrected chi connectivity index (χ1v) is 10.5. The van der Waals surface area contributed by atoms with Crippen LogP contribution in [0.5, 0.6) is 0 Å². The van der Waals surface area contributed by atoms with Crippen LogP contribution < -0.4 is 5.32 Å². The van der Waals surface area contributed by atoms with Crippen LogP contribution in [0.3, 0.4) is 0 Å². The van der Waals surface area contributed by atoms with Crippen molar-refractivity contribution in [2.75, 3.05) is 26.4 Å². The summed E-state index contributed by atoms with van der Waals surface area (Å²) in [5, 5.41) is 12.8. The zero-order chi connectivity index (χ0) is 21.7. The highest BCUT2D eigenvalue weighted by molar-refractivity contribution is 5.88. The highest BCUT2D eigenvalue weighted by Gasteiger charge is 2.51. The number of nitrogens with one attached hydrogen (secondary N) is 1. The number of rotatable bonds is 9. The molecule has 0 saturated carbocycles. The lowest BCUT2D eigenvalue weighted by molar-refractivity contribution is -0.151. The van der Waals surface area contributed by atoms with E-state index >= 15 is 0 Å². The predicted molar refractivity (Wildman–Crippen MR) is 109 cm³/mol. The van der Waals surface area contributed by atoms with Gasteiger partial charge in [0.2, 0.25) is 5.91 Å². The summed E-state index contributed by atoms with van der Waals surface area (Å²) in [4.78, 5) is 38.8. The molecule has 1 aromatic carbocycles. The number of nitrogens with zero attached hydrogens (tertiary/aromatic N) is 1. The van der Waals surface area contributed by atoms with Crippen molar-refractivity contribution in [1.29, 1.82) is 0 Å². The molecule has 1 amide bonds. The number of aryl methyl sites for hydroxylation is 1. The minimum absolute atomic E-state index is 0.0428. The average Bonchev–Trinajstić information content (AvgIpc) is 3.32. The Morgan fingerprint density at radius 1 is 1.27 bits per heavy atom. The summed E-state index contributed by atoms with van der Waals surface area (Å²) < 4.78 is 10.6. The van der Waals surface area contributed by atoms with Crippen LogP contribution in [0.1, 0.15) is 25.8 Å². The van der Waals surface area contributed by atoms with E-state index in [0.717, 1.165) is 5.56 Å². The number of carboxylic acids is 1. The minimum atomic E-state index is -1.01. The second-order valence-corrected chi connectivity index (χ2v) is 7.95. The van der Waals surface area contributed by atoms with Gasteiger partial charge in [-0.15, -0.1) is 0 Å². The van der Waals surface area contributed by atoms with Gasteiger partial charge in [-0.3, -0.25) is 14.9 Å². The van der Waals surface area contributed by atoms with E-state index in [9.17, 15) is 19.5 Å². The van der Waals surface area contributed by atoms with Crippen LogP contribution in [0.2, 0.25) is 0 Å². The van der Waals surface area contributed by atoms with Gasteiger partial charge in [0.15, 0.2) is 0 Å². The van der Waals surface area contributed by atoms with Crippen molar-refractivity contribution in [3.8, 4) is 0 Å². The van der Waals surface area contributed by atoms with Gasteiger partial charge in [0.05, 0.1) is 25.9 Å². The van der Waals surface area contributed by atoms with Gasteiger partial charge in [0.1, 0.15) is 12.1 Å². The molecule has 3 rings (SSSR count). The number of carbonyl (C=O) groups excluding carboxylic acids is 2. The second-order valence-electron chi connectivity index (χ2n) is 7.95. The Bertz CT molecular complexity index is 755. The molecule has 1 aromatic rings. The standard InChI is InChI=1S/C22H30N2O6/c1-3-30-22(28)18(10-9-15-7-5-4-6-8-15)23-14(2)20(25)24-11-16-12-29-13-17(16)19(24)21(26)27/h4-8,14,16-19,23H,3,9-13H2,1-2H3,(H,26,27)/t14-,16?,17?,18?,19-/m0/s1. The molecule has 0 aliphatic carbocycles. The lowest BCUT2D eigenvalue weighted by Gasteiger charge is -2.29. The molecule has 0 spiro atoms. The summed E-state index contributed by atoms with van der Waals surface area (Å²) >= 11 is 0. The number of fused-ring (bicyclic) bond motifs is 1. The molecule has 8 heteroatoms. The van der Waals surface area contributed by atoms with Crippen molar-refractivity contribution in [3.05, 3.63) is 35.9 Å². The predicted octanol–water partition coefficient (Wildman–Crippen LogP) is 1.09. The van der Waals surface area contributed by atoms with E-state index in [1.54, 1.807) is 13.8 Å². The van der Waals surface area contributed by atoms with Crippen LogP contribution in [0, 0.1) is 11.8 Å². The molecule has 2 aliphatic heterocycles. The van der Waals surface area contributed by atoms with Crippen molar-refractivity contribution < 1.29 is 29.0 Å². The molecule has 2 saturated heterocycles. The summed E-state index contributed by atoms with van der Waals surface area (Å²) in [6.07, 6.45) is 1.13. The van der Waals surface area contributed by atoms with E-state index in [1.807, 2.05) is 30.3 Å². The van der Waals surface area contributed by atoms with Gasteiger partial charge in [-0.2, -0.15) is 0 Å². The van der Waals surface area contributed by atoms with Crippen LogP contribution in [0.25, 0.3) is 0 Å². The van der Waals surface area contributed by atoms with E-state index in [-0.39, 0.29) is 24.3 Å². The lowest BCUT2D eigenvalue weighted by atomic mass is 9.94. The van der Waals surface area contributed by atoms with E-state index in [2.05, 4.69) is 5.32 Å². The van der Waals surface area contributed by atoms with Gasteiger partial charge in [-0.25, -0.2) is 4.79 Å². The van der Waals surface area contributed by atoms with Crippen molar-refractivity contribution in [2.24, 2.45) is 11.8 Å². The zero-order valence-electron chi connectivity index (χ0n) is 17.5. The molecule has 2 N–H and O–H groups in total. The van der Waals surface area contributed by atoms with Crippen molar-refractivity contribution >= 4 is 17.8 Å². The van der Waals surface area contributed by atoms with Gasteiger partial charge in [0.25, 0.3) is 0 Å². The first kappa shape index (κ1) is 22.2. The normalized spacial score (nSPS) is 24.9. The van der Waals surface area contributed by atoms with Crippen molar-refractivity contribution in [2.45, 2.75) is 44.8 Å². The van der Waals surface area contributed by atoms with Gasteiger partial charge >= 0.3 is 11.9 Å². The number of amides is 1. The van der Waals surface area contributed by atoms with E-state index in [1.165, 1.54) is 4.90 Å². The van der Waals surface area contributed by atoms with Crippen LogP contribution in [-0.2, 0) is 30.3 Å². The Kier molecular flexibility index (Phi) is 7.44. The number of hydrogen-bond donors (Lipinski definition) is 2. The van der Waals surface area contributed by atoms with Crippen LogP contribution in [0.4, 0.5) is 0 Å². The Hall–Kier alpha value is -2.45. The van der Waals surface area contributed by atoms with Crippen molar-refractivity contribution in [3.63, 3.8) is 0 Å². The fraction of sp³-hybridized carbons (Fsp3) is 0.591. The molecule has 2 aliphatic rings. The van der Waals surface area contributed by atoms with Crippen molar-refractivity contribution in [1.82, 2.24) is 10.2 Å². The summed E-state index contributed by atoms with van der Waals surface area (Å²) in [6.45, 7) is 4.85.